The highest BCUT2D eigenvalue weighted by Gasteiger charge is 2.27. The molecule has 0 N–H and O–H groups in total. The highest BCUT2D eigenvalue weighted by molar-refractivity contribution is 6.14. The van der Waals surface area contributed by atoms with Gasteiger partial charge in [0.05, 0.1) is 97.4 Å². The van der Waals surface area contributed by atoms with Gasteiger partial charge in [-0.25, -0.2) is 0 Å². The van der Waals surface area contributed by atoms with Crippen molar-refractivity contribution in [2.45, 2.75) is 0 Å². The molecule has 1 heterocycles. The first-order valence-corrected chi connectivity index (χ1v) is 31.3. The van der Waals surface area contributed by atoms with Crippen LogP contribution in [0.3, 0.4) is 0 Å². The van der Waals surface area contributed by atoms with Crippen molar-refractivity contribution < 1.29 is 0 Å². The Morgan fingerprint density at radius 1 is 0.211 bits per heavy atom. The van der Waals surface area contributed by atoms with E-state index < -0.39 is 0 Å². The zero-order valence-corrected chi connectivity index (χ0v) is 51.1. The molecule has 442 valence electrons. The van der Waals surface area contributed by atoms with Gasteiger partial charge < -0.3 is 24.2 Å². The molecule has 0 unspecified atom stereocenters. The highest BCUT2D eigenvalue weighted by Crippen LogP contribution is 2.50. The number of anilines is 12. The van der Waals surface area contributed by atoms with Crippen LogP contribution in [0.25, 0.3) is 70.6 Å². The number of hydrogen-bond acceptors (Lipinski definition) is 8. The van der Waals surface area contributed by atoms with Crippen molar-refractivity contribution in [1.29, 1.82) is 21.0 Å². The molecule has 15 aromatic carbocycles. The molecule has 0 fully saturated rings. The van der Waals surface area contributed by atoms with Crippen LogP contribution < -0.4 is 19.6 Å². The van der Waals surface area contributed by atoms with Crippen LogP contribution in [0.4, 0.5) is 68.2 Å². The maximum absolute atomic E-state index is 10.6. The summed E-state index contributed by atoms with van der Waals surface area (Å²) in [4.78, 5) is 9.00. The summed E-state index contributed by atoms with van der Waals surface area (Å²) in [5.41, 5.74) is 15.0. The molecular weight excluding hydrogens is 1160 g/mol. The van der Waals surface area contributed by atoms with E-state index in [4.69, 9.17) is 0 Å². The first kappa shape index (κ1) is 56.5. The molecule has 0 radical (unpaired) electrons. The van der Waals surface area contributed by atoms with Crippen LogP contribution >= 0.6 is 0 Å². The van der Waals surface area contributed by atoms with Crippen molar-refractivity contribution in [3.8, 4) is 30.0 Å². The molecule has 9 heteroatoms. The van der Waals surface area contributed by atoms with Gasteiger partial charge in [-0.05, 0) is 173 Å². The van der Waals surface area contributed by atoms with Crippen LogP contribution in [0.1, 0.15) is 22.3 Å². The van der Waals surface area contributed by atoms with Gasteiger partial charge in [0.15, 0.2) is 0 Å². The summed E-state index contributed by atoms with van der Waals surface area (Å²) in [7, 11) is 0. The number of benzene rings is 15. The van der Waals surface area contributed by atoms with Crippen molar-refractivity contribution in [2.24, 2.45) is 0 Å². The van der Waals surface area contributed by atoms with Gasteiger partial charge in [0.2, 0.25) is 0 Å². The van der Waals surface area contributed by atoms with Crippen molar-refractivity contribution in [1.82, 2.24) is 4.57 Å². The number of rotatable bonds is 13. The van der Waals surface area contributed by atoms with Gasteiger partial charge in [-0.2, -0.15) is 21.0 Å². The third-order valence-corrected chi connectivity index (χ3v) is 17.9. The molecule has 16 aromatic rings. The largest absolute Gasteiger partial charge is 0.310 e. The Balaban J connectivity index is 1.04. The fourth-order valence-corrected chi connectivity index (χ4v) is 13.7. The molecule has 0 bridgehead atoms. The Morgan fingerprint density at radius 3 is 0.779 bits per heavy atom. The summed E-state index contributed by atoms with van der Waals surface area (Å²) in [6.45, 7) is 0. The number of aromatic nitrogens is 1. The summed E-state index contributed by atoms with van der Waals surface area (Å²) in [6, 6.07) is 120. The highest BCUT2D eigenvalue weighted by atomic mass is 15.2. The smallest absolute Gasteiger partial charge is 0.0992 e. The van der Waals surface area contributed by atoms with Crippen LogP contribution in [0.5, 0.6) is 0 Å². The zero-order chi connectivity index (χ0) is 63.9. The number of hydrogen-bond donors (Lipinski definition) is 0. The molecular formula is C86H53N9. The van der Waals surface area contributed by atoms with E-state index in [2.05, 4.69) is 297 Å². The van der Waals surface area contributed by atoms with Crippen molar-refractivity contribution >= 4 is 133 Å². The van der Waals surface area contributed by atoms with E-state index in [1.54, 1.807) is 0 Å². The average molecular weight is 1210 g/mol. The van der Waals surface area contributed by atoms with E-state index in [1.807, 2.05) is 72.8 Å². The van der Waals surface area contributed by atoms with Gasteiger partial charge in [0.25, 0.3) is 0 Å². The lowest BCUT2D eigenvalue weighted by molar-refractivity contribution is 1.16. The molecule has 0 amide bonds. The van der Waals surface area contributed by atoms with E-state index in [1.165, 1.54) is 0 Å². The van der Waals surface area contributed by atoms with E-state index >= 15 is 0 Å². The molecule has 0 atom stereocenters. The molecule has 0 aliphatic heterocycles. The molecule has 1 aromatic heterocycles. The molecule has 16 rings (SSSR count). The van der Waals surface area contributed by atoms with Crippen LogP contribution in [0, 0.1) is 45.3 Å². The third kappa shape index (κ3) is 10.1. The molecule has 0 spiro atoms. The third-order valence-electron chi connectivity index (χ3n) is 17.9. The Bertz CT molecular complexity index is 5560. The van der Waals surface area contributed by atoms with Gasteiger partial charge in [-0.3, -0.25) is 0 Å². The lowest BCUT2D eigenvalue weighted by atomic mass is 10.0. The second-order valence-corrected chi connectivity index (χ2v) is 23.4. The SMILES string of the molecule is N#Cc1cccc(N(c2cc(N(c3cccc(C#N)c3)c3cccc4ccccc34)cc(-n3c4ccc(N(c5cccc(C#N)c5)c5cccc6ccccc56)cc4c4cc(N(c5cccc(C#N)c5)c5cccc6ccccc56)ccc43)c2)c2cccc3ccccc23)c1. The predicted molar refractivity (Wildman–Crippen MR) is 388 cm³/mol. The Hall–Kier alpha value is -13.7. The average Bonchev–Trinajstić information content (AvgIpc) is 1.58. The minimum Gasteiger partial charge on any atom is -0.310 e. The normalized spacial score (nSPS) is 11.1. The second-order valence-electron chi connectivity index (χ2n) is 23.4. The van der Waals surface area contributed by atoms with Gasteiger partial charge in [0, 0.05) is 66.4 Å². The minimum absolute atomic E-state index is 0.512. The van der Waals surface area contributed by atoms with Crippen LogP contribution in [-0.4, -0.2) is 4.57 Å². The Labute approximate surface area is 549 Å². The maximum Gasteiger partial charge on any atom is 0.0992 e. The zero-order valence-electron chi connectivity index (χ0n) is 51.1. The summed E-state index contributed by atoms with van der Waals surface area (Å²) in [6.07, 6.45) is 0. The predicted octanol–water partition coefficient (Wildman–Crippen LogP) is 22.8. The number of fused-ring (bicyclic) bond motifs is 7. The van der Waals surface area contributed by atoms with Gasteiger partial charge in [-0.1, -0.05) is 170 Å². The number of nitrogens with zero attached hydrogens (tertiary/aromatic N) is 9. The molecule has 0 saturated heterocycles. The Morgan fingerprint density at radius 2 is 0.474 bits per heavy atom. The van der Waals surface area contributed by atoms with Crippen molar-refractivity contribution in [3.05, 3.63) is 344 Å². The van der Waals surface area contributed by atoms with Gasteiger partial charge >= 0.3 is 0 Å². The fraction of sp³-hybridized carbons (Fsp3) is 0. The molecule has 95 heavy (non-hydrogen) atoms. The topological polar surface area (TPSA) is 113 Å². The first-order valence-electron chi connectivity index (χ1n) is 31.3. The van der Waals surface area contributed by atoms with Crippen LogP contribution in [0.2, 0.25) is 0 Å². The lowest BCUT2D eigenvalue weighted by Gasteiger charge is -2.31. The monoisotopic (exact) mass is 1210 g/mol. The molecule has 9 nitrogen and oxygen atoms in total. The van der Waals surface area contributed by atoms with Gasteiger partial charge in [0.1, 0.15) is 0 Å². The van der Waals surface area contributed by atoms with E-state index in [0.717, 1.165) is 139 Å². The molecule has 0 aliphatic carbocycles. The summed E-state index contributed by atoms with van der Waals surface area (Å²) >= 11 is 0. The minimum atomic E-state index is 0.512. The fourth-order valence-electron chi connectivity index (χ4n) is 13.7. The molecule has 0 saturated carbocycles. The number of nitriles is 4. The van der Waals surface area contributed by atoms with Crippen LogP contribution in [-0.2, 0) is 0 Å². The summed E-state index contributed by atoms with van der Waals surface area (Å²) in [5, 5.41) is 52.3. The van der Waals surface area contributed by atoms with E-state index in [0.29, 0.717) is 22.3 Å². The quantitative estimate of drug-likeness (QED) is 0.112. The van der Waals surface area contributed by atoms with E-state index in [9.17, 15) is 21.0 Å². The summed E-state index contributed by atoms with van der Waals surface area (Å²) < 4.78 is 2.35. The standard InChI is InChI=1S/C86H53N9/c87-54-58-17-9-29-66(45-58)91(81-37-13-25-62-21-1-5-33-75(62)81)70-41-43-85-79(52-70)80-53-71(92(67-30-10-18-59(46-67)55-88)82-38-14-26-63-22-2-6-34-76(63)82)42-44-86(80)95(85)74-50-72(93(68-31-11-19-60(47-68)56-89)83-39-15-27-64-23-3-7-35-77(64)83)49-73(51-74)94(69-32-12-20-61(48-69)57-90)84-40-16-28-65-24-4-8-36-78(65)84/h1-53H. The summed E-state index contributed by atoms with van der Waals surface area (Å²) in [5.74, 6) is 0. The lowest BCUT2D eigenvalue weighted by Crippen LogP contribution is -2.15. The van der Waals surface area contributed by atoms with E-state index in [-0.39, 0.29) is 0 Å². The Kier molecular flexibility index (Phi) is 14.2. The maximum atomic E-state index is 10.6. The van der Waals surface area contributed by atoms with Crippen molar-refractivity contribution in [3.63, 3.8) is 0 Å². The second kappa shape index (κ2) is 23.9. The first-order chi connectivity index (χ1) is 46.9. The van der Waals surface area contributed by atoms with Crippen LogP contribution in [0.15, 0.2) is 322 Å². The van der Waals surface area contributed by atoms with Crippen molar-refractivity contribution in [2.75, 3.05) is 19.6 Å². The van der Waals surface area contributed by atoms with Gasteiger partial charge in [-0.15, -0.1) is 0 Å². The molecule has 0 aliphatic rings.